The lowest BCUT2D eigenvalue weighted by molar-refractivity contribution is 0.178. The molecule has 0 saturated carbocycles. The van der Waals surface area contributed by atoms with E-state index in [4.69, 9.17) is 9.51 Å². The minimum absolute atomic E-state index is 0.161. The Morgan fingerprint density at radius 3 is 2.56 bits per heavy atom. The van der Waals surface area contributed by atoms with Crippen molar-refractivity contribution >= 4 is 45.9 Å². The number of halogens is 1. The fraction of sp³-hybridized carbons (Fsp3) is 0.477. The maximum atomic E-state index is 13.4. The Morgan fingerprint density at radius 1 is 0.909 bits per heavy atom. The largest absolute Gasteiger partial charge is 0.356 e. The first-order valence-electron chi connectivity index (χ1n) is 20.2. The zero-order valence-corrected chi connectivity index (χ0v) is 34.1. The third kappa shape index (κ3) is 8.41. The van der Waals surface area contributed by atoms with Crippen LogP contribution in [0, 0.1) is 12.7 Å². The molecule has 0 N–H and O–H groups in total. The van der Waals surface area contributed by atoms with E-state index in [1.54, 1.807) is 6.07 Å². The van der Waals surface area contributed by atoms with Crippen LogP contribution in [-0.2, 0) is 19.4 Å². The lowest BCUT2D eigenvalue weighted by atomic mass is 9.91. The van der Waals surface area contributed by atoms with Crippen molar-refractivity contribution in [3.8, 4) is 0 Å². The van der Waals surface area contributed by atoms with Gasteiger partial charge in [0.1, 0.15) is 11.6 Å². The van der Waals surface area contributed by atoms with Crippen LogP contribution in [0.5, 0.6) is 0 Å². The molecule has 9 rings (SSSR count). The molecule has 0 spiro atoms. The maximum absolute atomic E-state index is 13.4. The van der Waals surface area contributed by atoms with Crippen LogP contribution in [0.15, 0.2) is 84.7 Å². The quantitative estimate of drug-likeness (QED) is 0.143. The van der Waals surface area contributed by atoms with Gasteiger partial charge in [-0.2, -0.15) is 0 Å². The minimum atomic E-state index is -0.303. The van der Waals surface area contributed by atoms with E-state index < -0.39 is 0 Å². The fourth-order valence-corrected chi connectivity index (χ4v) is 10.4. The van der Waals surface area contributed by atoms with Gasteiger partial charge in [-0.15, -0.1) is 11.8 Å². The molecule has 290 valence electrons. The average molecular weight is 781 g/mol. The van der Waals surface area contributed by atoms with Crippen LogP contribution >= 0.6 is 23.5 Å². The summed E-state index contributed by atoms with van der Waals surface area (Å²) in [6.45, 7) is 7.90. The Labute approximate surface area is 332 Å². The summed E-state index contributed by atoms with van der Waals surface area (Å²) < 4.78 is 20.6. The van der Waals surface area contributed by atoms with Gasteiger partial charge in [0, 0.05) is 75.4 Å². The number of thioether (sulfide) groups is 1. The van der Waals surface area contributed by atoms with Crippen LogP contribution in [0.2, 0.25) is 0 Å². The molecule has 6 heterocycles. The van der Waals surface area contributed by atoms with Crippen molar-refractivity contribution in [2.24, 2.45) is 0 Å². The third-order valence-electron chi connectivity index (χ3n) is 12.1. The number of piperidine rings is 2. The molecule has 5 aromatic rings. The first-order chi connectivity index (χ1) is 26.9. The van der Waals surface area contributed by atoms with Gasteiger partial charge in [0.15, 0.2) is 5.58 Å². The molecule has 2 saturated heterocycles. The predicted octanol–water partition coefficient (Wildman–Crippen LogP) is 9.48. The summed E-state index contributed by atoms with van der Waals surface area (Å²) in [7, 11) is 2.30. The van der Waals surface area contributed by atoms with E-state index in [1.807, 2.05) is 35.0 Å². The molecule has 8 nitrogen and oxygen atoms in total. The van der Waals surface area contributed by atoms with E-state index in [9.17, 15) is 9.18 Å². The summed E-state index contributed by atoms with van der Waals surface area (Å²) >= 11 is 3.73. The third-order valence-corrected chi connectivity index (χ3v) is 14.0. The predicted molar refractivity (Wildman–Crippen MR) is 223 cm³/mol. The molecule has 0 radical (unpaired) electrons. The van der Waals surface area contributed by atoms with Crippen LogP contribution < -0.4 is 10.5 Å². The van der Waals surface area contributed by atoms with Gasteiger partial charge in [-0.1, -0.05) is 35.5 Å². The van der Waals surface area contributed by atoms with E-state index in [0.717, 1.165) is 105 Å². The summed E-state index contributed by atoms with van der Waals surface area (Å²) in [6, 6.07) is 21.1. The highest BCUT2D eigenvalue weighted by Gasteiger charge is 2.28. The van der Waals surface area contributed by atoms with Crippen molar-refractivity contribution in [1.82, 2.24) is 24.5 Å². The molecule has 2 fully saturated rings. The van der Waals surface area contributed by atoms with E-state index in [1.165, 1.54) is 70.4 Å². The van der Waals surface area contributed by atoms with Gasteiger partial charge in [-0.3, -0.25) is 9.36 Å². The highest BCUT2D eigenvalue weighted by atomic mass is 32.2. The number of hydrogen-bond acceptors (Lipinski definition) is 9. The Balaban J connectivity index is 0.000000158. The summed E-state index contributed by atoms with van der Waals surface area (Å²) in [5.41, 5.74) is 6.14. The molecule has 0 bridgehead atoms. The zero-order chi connectivity index (χ0) is 37.9. The number of benzene rings is 3. The van der Waals surface area contributed by atoms with Crippen molar-refractivity contribution < 1.29 is 8.91 Å². The normalized spacial score (nSPS) is 19.1. The van der Waals surface area contributed by atoms with Gasteiger partial charge in [0.25, 0.3) is 5.56 Å². The van der Waals surface area contributed by atoms with Gasteiger partial charge < -0.3 is 19.2 Å². The standard InChI is InChI=1S/C23H27FN4O2.C21H26N2S2/c1-15-18(23(29)28-10-3-2-4-21(28)25-15)9-13-27-11-7-16(8-12-27)22-19-6-5-17(24)14-20(19)30-26-22;1-22-13-6-5-7-16(22)12-14-23-18-8-3-4-9-20(18)25-21-11-10-17(24-2)15-19(21)23/h5-6,14,16H,2-4,7-13H2,1H3;3-4,8-11,15-16H,5-7,12-14H2,1-2H3. The van der Waals surface area contributed by atoms with Crippen molar-refractivity contribution in [2.75, 3.05) is 50.9 Å². The molecule has 0 aliphatic carbocycles. The van der Waals surface area contributed by atoms with Crippen LogP contribution in [0.1, 0.15) is 80.1 Å². The number of para-hydroxylation sites is 1. The summed E-state index contributed by atoms with van der Waals surface area (Å²) in [6.07, 6.45) is 13.3. The average Bonchev–Trinajstić information content (AvgIpc) is 3.63. The van der Waals surface area contributed by atoms with Crippen molar-refractivity contribution in [1.29, 1.82) is 0 Å². The number of rotatable bonds is 8. The monoisotopic (exact) mass is 780 g/mol. The molecule has 0 amide bonds. The number of aryl methyl sites for hydroxylation is 2. The lowest BCUT2D eigenvalue weighted by Gasteiger charge is -2.37. The van der Waals surface area contributed by atoms with E-state index in [2.05, 4.69) is 75.6 Å². The zero-order valence-electron chi connectivity index (χ0n) is 32.4. The molecule has 1 atom stereocenters. The maximum Gasteiger partial charge on any atom is 0.256 e. The Kier molecular flexibility index (Phi) is 12.0. The Hall–Kier alpha value is -3.64. The topological polar surface area (TPSA) is 70.6 Å². The molecular formula is C44H53FN6O2S2. The highest BCUT2D eigenvalue weighted by Crippen LogP contribution is 2.49. The Bertz CT molecular complexity index is 2180. The van der Waals surface area contributed by atoms with Gasteiger partial charge in [-0.05, 0) is 134 Å². The number of fused-ring (bicyclic) bond motifs is 4. The van der Waals surface area contributed by atoms with Gasteiger partial charge >= 0.3 is 0 Å². The summed E-state index contributed by atoms with van der Waals surface area (Å²) in [5.74, 6) is 0.974. The lowest BCUT2D eigenvalue weighted by Crippen LogP contribution is -2.38. The first-order valence-corrected chi connectivity index (χ1v) is 22.2. The SMILES string of the molecule is CSc1ccc2c(c1)N(CCC1CCCCN1C)c1ccccc1S2.Cc1nc2n(c(=O)c1CCN1CCC(c3noc4cc(F)ccc34)CC1)CCCC2. The molecular weight excluding hydrogens is 728 g/mol. The van der Waals surface area contributed by atoms with Crippen molar-refractivity contribution in [3.05, 3.63) is 99.6 Å². The molecule has 4 aliphatic heterocycles. The second-order valence-corrected chi connectivity index (χ2v) is 17.5. The van der Waals surface area contributed by atoms with Crippen LogP contribution in [0.25, 0.3) is 11.0 Å². The second kappa shape index (κ2) is 17.2. The van der Waals surface area contributed by atoms with Gasteiger partial charge in [0.2, 0.25) is 0 Å². The van der Waals surface area contributed by atoms with Crippen LogP contribution in [-0.4, -0.2) is 76.6 Å². The molecule has 11 heteroatoms. The number of aromatic nitrogens is 3. The van der Waals surface area contributed by atoms with Gasteiger partial charge in [0.05, 0.1) is 17.1 Å². The van der Waals surface area contributed by atoms with E-state index >= 15 is 0 Å². The fourth-order valence-electron chi connectivity index (χ4n) is 8.91. The minimum Gasteiger partial charge on any atom is -0.356 e. The second-order valence-electron chi connectivity index (χ2n) is 15.6. The van der Waals surface area contributed by atoms with Crippen LogP contribution in [0.4, 0.5) is 15.8 Å². The van der Waals surface area contributed by atoms with E-state index in [-0.39, 0.29) is 11.4 Å². The Morgan fingerprint density at radius 2 is 1.73 bits per heavy atom. The molecule has 55 heavy (non-hydrogen) atoms. The van der Waals surface area contributed by atoms with Crippen LogP contribution in [0.3, 0.4) is 0 Å². The van der Waals surface area contributed by atoms with E-state index in [0.29, 0.717) is 11.5 Å². The summed E-state index contributed by atoms with van der Waals surface area (Å²) in [4.78, 5) is 29.3. The van der Waals surface area contributed by atoms with Gasteiger partial charge in [-0.25, -0.2) is 9.37 Å². The number of nitrogens with zero attached hydrogens (tertiary/aromatic N) is 6. The number of anilines is 2. The number of likely N-dealkylation sites (tertiary alicyclic amines) is 2. The molecule has 2 aromatic heterocycles. The number of hydrogen-bond donors (Lipinski definition) is 0. The molecule has 4 aliphatic rings. The summed E-state index contributed by atoms with van der Waals surface area (Å²) in [5, 5.41) is 5.15. The molecule has 3 aromatic carbocycles. The first kappa shape index (κ1) is 38.2. The molecule has 1 unspecified atom stereocenters. The highest BCUT2D eigenvalue weighted by molar-refractivity contribution is 8.00. The van der Waals surface area contributed by atoms with Crippen molar-refractivity contribution in [3.63, 3.8) is 0 Å². The van der Waals surface area contributed by atoms with Crippen molar-refractivity contribution in [2.45, 2.75) is 104 Å². The smallest absolute Gasteiger partial charge is 0.256 e.